The summed E-state index contributed by atoms with van der Waals surface area (Å²) in [5.41, 5.74) is 6.49. The Bertz CT molecular complexity index is 513. The second kappa shape index (κ2) is 3.02. The number of pyridine rings is 1. The smallest absolute Gasteiger partial charge is 0.192 e. The summed E-state index contributed by atoms with van der Waals surface area (Å²) in [4.78, 5) is 14.4. The minimum Gasteiger partial charge on any atom is -0.381 e. The maximum Gasteiger partial charge on any atom is 0.192 e. The lowest BCUT2D eigenvalue weighted by molar-refractivity contribution is 0.435. The van der Waals surface area contributed by atoms with Gasteiger partial charge in [0.05, 0.1) is 5.56 Å². The number of aromatic amines is 1. The van der Waals surface area contributed by atoms with Crippen molar-refractivity contribution in [1.82, 2.24) is 10.1 Å². The molecule has 0 aromatic carbocycles. The third-order valence-electron chi connectivity index (χ3n) is 1.85. The fraction of sp³-hybridized carbons (Fsp3) is 0.111. The van der Waals surface area contributed by atoms with Gasteiger partial charge in [-0.15, -0.1) is 0 Å². The van der Waals surface area contributed by atoms with Crippen LogP contribution in [0, 0.1) is 6.92 Å². The van der Waals surface area contributed by atoms with Crippen molar-refractivity contribution < 1.29 is 4.52 Å². The zero-order valence-corrected chi connectivity index (χ0v) is 7.57. The zero-order valence-electron chi connectivity index (χ0n) is 7.57. The van der Waals surface area contributed by atoms with E-state index < -0.39 is 0 Å². The fourth-order valence-electron chi connectivity index (χ4n) is 1.18. The first-order valence-corrected chi connectivity index (χ1v) is 4.09. The highest BCUT2D eigenvalue weighted by atomic mass is 16.5. The lowest BCUT2D eigenvalue weighted by Crippen LogP contribution is -2.04. The number of aryl methyl sites for hydroxylation is 1. The first-order valence-electron chi connectivity index (χ1n) is 4.09. The third-order valence-corrected chi connectivity index (χ3v) is 1.85. The van der Waals surface area contributed by atoms with Crippen LogP contribution < -0.4 is 11.2 Å². The largest absolute Gasteiger partial charge is 0.381 e. The van der Waals surface area contributed by atoms with Crippen molar-refractivity contribution in [3.05, 3.63) is 34.2 Å². The topological polar surface area (TPSA) is 84.9 Å². The molecule has 0 saturated heterocycles. The molecule has 0 unspecified atom stereocenters. The van der Waals surface area contributed by atoms with Gasteiger partial charge >= 0.3 is 0 Å². The summed E-state index contributed by atoms with van der Waals surface area (Å²) in [6.45, 7) is 1.81. The van der Waals surface area contributed by atoms with Crippen LogP contribution in [0.2, 0.25) is 0 Å². The molecule has 2 aromatic rings. The molecule has 0 spiro atoms. The Labute approximate surface area is 79.5 Å². The molecular weight excluding hydrogens is 182 g/mol. The number of H-pyrrole nitrogens is 1. The molecule has 0 aliphatic heterocycles. The average Bonchev–Trinajstić information content (AvgIpc) is 2.51. The molecule has 0 fully saturated rings. The number of hydrogen-bond donors (Lipinski definition) is 2. The monoisotopic (exact) mass is 191 g/mol. The fourth-order valence-corrected chi connectivity index (χ4v) is 1.18. The number of nitrogens with two attached hydrogens (primary N) is 1. The van der Waals surface area contributed by atoms with Crippen LogP contribution in [0.15, 0.2) is 27.6 Å². The Morgan fingerprint density at radius 1 is 1.50 bits per heavy atom. The maximum absolute atomic E-state index is 11.5. The van der Waals surface area contributed by atoms with Gasteiger partial charge in [-0.25, -0.2) is 0 Å². The molecule has 0 radical (unpaired) electrons. The van der Waals surface area contributed by atoms with Crippen LogP contribution in [0.25, 0.3) is 11.3 Å². The van der Waals surface area contributed by atoms with E-state index in [0.29, 0.717) is 11.3 Å². The van der Waals surface area contributed by atoms with Crippen LogP contribution in [0.4, 0.5) is 5.82 Å². The Morgan fingerprint density at radius 3 is 2.86 bits per heavy atom. The van der Waals surface area contributed by atoms with Crippen LogP contribution in [0.3, 0.4) is 0 Å². The molecule has 3 N–H and O–H groups in total. The number of nitrogens with zero attached hydrogens (tertiary/aromatic N) is 1. The molecule has 2 rings (SSSR count). The van der Waals surface area contributed by atoms with E-state index in [9.17, 15) is 4.79 Å². The number of nitrogen functional groups attached to an aromatic ring is 1. The van der Waals surface area contributed by atoms with Gasteiger partial charge in [0.15, 0.2) is 17.0 Å². The highest BCUT2D eigenvalue weighted by molar-refractivity contribution is 5.58. The van der Waals surface area contributed by atoms with E-state index in [4.69, 9.17) is 10.3 Å². The number of nitrogens with one attached hydrogen (secondary N) is 1. The number of aromatic nitrogens is 2. The van der Waals surface area contributed by atoms with Crippen LogP contribution in [-0.2, 0) is 0 Å². The van der Waals surface area contributed by atoms with Gasteiger partial charge < -0.3 is 15.2 Å². The van der Waals surface area contributed by atoms with Crippen molar-refractivity contribution >= 4 is 5.82 Å². The van der Waals surface area contributed by atoms with E-state index >= 15 is 0 Å². The van der Waals surface area contributed by atoms with Gasteiger partial charge in [0.25, 0.3) is 0 Å². The van der Waals surface area contributed by atoms with Gasteiger partial charge in [0.1, 0.15) is 0 Å². The summed E-state index contributed by atoms with van der Waals surface area (Å²) in [5.74, 6) is 0.642. The number of rotatable bonds is 1. The lowest BCUT2D eigenvalue weighted by Gasteiger charge is -1.95. The highest BCUT2D eigenvalue weighted by Gasteiger charge is 2.08. The Kier molecular flexibility index (Phi) is 1.85. The van der Waals surface area contributed by atoms with Crippen LogP contribution >= 0.6 is 0 Å². The SMILES string of the molecule is Cc1cc(=O)c(-c2cc(N)no2)c[nH]1. The maximum atomic E-state index is 11.5. The highest BCUT2D eigenvalue weighted by Crippen LogP contribution is 2.16. The first kappa shape index (κ1) is 8.55. The molecule has 2 aromatic heterocycles. The summed E-state index contributed by atoms with van der Waals surface area (Å²) in [6, 6.07) is 3.01. The predicted octanol–water partition coefficient (Wildman–Crippen LogP) is 0.921. The quantitative estimate of drug-likeness (QED) is 0.701. The minimum atomic E-state index is -0.114. The van der Waals surface area contributed by atoms with Crippen LogP contribution in [0.5, 0.6) is 0 Å². The van der Waals surface area contributed by atoms with Crippen LogP contribution in [-0.4, -0.2) is 10.1 Å². The molecule has 14 heavy (non-hydrogen) atoms. The summed E-state index contributed by atoms with van der Waals surface area (Å²) in [6.07, 6.45) is 1.58. The van der Waals surface area contributed by atoms with Crippen molar-refractivity contribution in [2.24, 2.45) is 0 Å². The van der Waals surface area contributed by atoms with Crippen molar-refractivity contribution in [2.45, 2.75) is 6.92 Å². The number of anilines is 1. The molecule has 0 aliphatic carbocycles. The number of hydrogen-bond acceptors (Lipinski definition) is 4. The van der Waals surface area contributed by atoms with Crippen molar-refractivity contribution in [1.29, 1.82) is 0 Å². The summed E-state index contributed by atoms with van der Waals surface area (Å²) >= 11 is 0. The Hall–Kier alpha value is -2.04. The lowest BCUT2D eigenvalue weighted by atomic mass is 10.2. The van der Waals surface area contributed by atoms with Crippen LogP contribution in [0.1, 0.15) is 5.69 Å². The molecule has 5 heteroatoms. The van der Waals surface area contributed by atoms with E-state index in [1.54, 1.807) is 13.1 Å². The van der Waals surface area contributed by atoms with Crippen molar-refractivity contribution in [3.8, 4) is 11.3 Å². The molecule has 0 bridgehead atoms. The van der Waals surface area contributed by atoms with E-state index in [1.807, 2.05) is 0 Å². The van der Waals surface area contributed by atoms with E-state index in [-0.39, 0.29) is 11.2 Å². The molecule has 0 atom stereocenters. The van der Waals surface area contributed by atoms with Crippen molar-refractivity contribution in [2.75, 3.05) is 5.73 Å². The zero-order chi connectivity index (χ0) is 10.1. The predicted molar refractivity (Wildman–Crippen MR) is 51.7 cm³/mol. The van der Waals surface area contributed by atoms with E-state index in [2.05, 4.69) is 10.1 Å². The van der Waals surface area contributed by atoms with Gasteiger partial charge in [0, 0.05) is 24.0 Å². The average molecular weight is 191 g/mol. The van der Waals surface area contributed by atoms with Gasteiger partial charge in [-0.2, -0.15) is 0 Å². The second-order valence-electron chi connectivity index (χ2n) is 3.01. The normalized spacial score (nSPS) is 10.4. The van der Waals surface area contributed by atoms with Gasteiger partial charge in [-0.3, -0.25) is 4.79 Å². The summed E-state index contributed by atoms with van der Waals surface area (Å²) in [7, 11) is 0. The Morgan fingerprint density at radius 2 is 2.29 bits per heavy atom. The minimum absolute atomic E-state index is 0.114. The summed E-state index contributed by atoms with van der Waals surface area (Å²) in [5, 5.41) is 3.51. The van der Waals surface area contributed by atoms with E-state index in [0.717, 1.165) is 5.69 Å². The first-order chi connectivity index (χ1) is 6.66. The molecule has 72 valence electrons. The van der Waals surface area contributed by atoms with Gasteiger partial charge in [0.2, 0.25) is 0 Å². The second-order valence-corrected chi connectivity index (χ2v) is 3.01. The van der Waals surface area contributed by atoms with Gasteiger partial charge in [-0.1, -0.05) is 5.16 Å². The standard InChI is InChI=1S/C9H9N3O2/c1-5-2-7(13)6(4-11-5)8-3-9(10)12-14-8/h2-4H,1H3,(H2,10,12)(H,11,13). The molecule has 0 amide bonds. The molecule has 0 saturated carbocycles. The molecule has 0 aliphatic rings. The third kappa shape index (κ3) is 1.39. The van der Waals surface area contributed by atoms with Crippen molar-refractivity contribution in [3.63, 3.8) is 0 Å². The Balaban J connectivity index is 2.57. The van der Waals surface area contributed by atoms with E-state index in [1.165, 1.54) is 12.1 Å². The summed E-state index contributed by atoms with van der Waals surface area (Å²) < 4.78 is 4.88. The molecule has 2 heterocycles. The molecule has 5 nitrogen and oxygen atoms in total. The van der Waals surface area contributed by atoms with Gasteiger partial charge in [-0.05, 0) is 6.92 Å². The molecular formula is C9H9N3O2.